The fraction of sp³-hybridized carbons (Fsp3) is 0.148. The van der Waals surface area contributed by atoms with Crippen LogP contribution in [0.3, 0.4) is 0 Å². The molecule has 0 bridgehead atoms. The molecule has 2 heterocycles. The van der Waals surface area contributed by atoms with Crippen LogP contribution in [0, 0.1) is 17.7 Å². The van der Waals surface area contributed by atoms with Crippen LogP contribution in [0.4, 0.5) is 10.2 Å². The summed E-state index contributed by atoms with van der Waals surface area (Å²) >= 11 is 0. The summed E-state index contributed by atoms with van der Waals surface area (Å²) in [7, 11) is -3.85. The quantitative estimate of drug-likeness (QED) is 0.243. The number of hydrogen-bond donors (Lipinski definition) is 3. The molecule has 0 saturated heterocycles. The highest BCUT2D eigenvalue weighted by atomic mass is 32.2. The van der Waals surface area contributed by atoms with Gasteiger partial charge in [-0.05, 0) is 78.6 Å². The Morgan fingerprint density at radius 3 is 2.59 bits per heavy atom. The Labute approximate surface area is 214 Å². The zero-order valence-electron chi connectivity index (χ0n) is 19.7. The molecule has 0 aliphatic heterocycles. The normalized spacial score (nSPS) is 10.9. The topological polar surface area (TPSA) is 131 Å². The Morgan fingerprint density at radius 1 is 1.05 bits per heavy atom. The maximum atomic E-state index is 13.3. The summed E-state index contributed by atoms with van der Waals surface area (Å²) in [6.07, 6.45) is 6.43. The number of benzene rings is 2. The number of sulfone groups is 1. The lowest BCUT2D eigenvalue weighted by atomic mass is 10.1. The van der Waals surface area contributed by atoms with Gasteiger partial charge in [0.05, 0.1) is 16.8 Å². The van der Waals surface area contributed by atoms with E-state index in [1.54, 1.807) is 18.5 Å². The summed E-state index contributed by atoms with van der Waals surface area (Å²) < 4.78 is 39.9. The zero-order valence-corrected chi connectivity index (χ0v) is 20.6. The molecule has 188 valence electrons. The molecule has 1 amide bonds. The Bertz CT molecular complexity index is 1560. The van der Waals surface area contributed by atoms with E-state index in [-0.39, 0.29) is 33.5 Å². The third kappa shape index (κ3) is 7.02. The Kier molecular flexibility index (Phi) is 7.95. The third-order valence-corrected chi connectivity index (χ3v) is 7.19. The van der Waals surface area contributed by atoms with Crippen molar-refractivity contribution in [3.05, 3.63) is 107 Å². The van der Waals surface area contributed by atoms with Gasteiger partial charge in [-0.2, -0.15) is 5.10 Å². The number of aryl methyl sites for hydroxylation is 1. The second kappa shape index (κ2) is 11.5. The summed E-state index contributed by atoms with van der Waals surface area (Å²) in [5, 5.41) is 9.48. The average Bonchev–Trinajstić information content (AvgIpc) is 3.39. The fourth-order valence-corrected chi connectivity index (χ4v) is 5.10. The first-order valence-electron chi connectivity index (χ1n) is 11.4. The molecule has 0 saturated carbocycles. The van der Waals surface area contributed by atoms with Gasteiger partial charge in [0.25, 0.3) is 5.91 Å². The van der Waals surface area contributed by atoms with Crippen LogP contribution in [0.1, 0.15) is 39.0 Å². The summed E-state index contributed by atoms with van der Waals surface area (Å²) in [6, 6.07) is 12.9. The number of aromatic nitrogens is 3. The molecule has 0 radical (unpaired) electrons. The van der Waals surface area contributed by atoms with Gasteiger partial charge in [0.2, 0.25) is 0 Å². The van der Waals surface area contributed by atoms with E-state index < -0.39 is 15.7 Å². The second-order valence-electron chi connectivity index (χ2n) is 8.28. The molecule has 37 heavy (non-hydrogen) atoms. The molecular formula is C27H24FN5O3S. The van der Waals surface area contributed by atoms with Crippen molar-refractivity contribution in [2.75, 3.05) is 12.3 Å². The number of rotatable bonds is 8. The van der Waals surface area contributed by atoms with Gasteiger partial charge in [-0.1, -0.05) is 11.8 Å². The van der Waals surface area contributed by atoms with Gasteiger partial charge in [-0.3, -0.25) is 9.89 Å². The molecule has 8 nitrogen and oxygen atoms in total. The van der Waals surface area contributed by atoms with Gasteiger partial charge < -0.3 is 11.1 Å². The van der Waals surface area contributed by atoms with E-state index in [0.717, 1.165) is 12.0 Å². The van der Waals surface area contributed by atoms with E-state index in [1.807, 2.05) is 0 Å². The molecule has 0 aliphatic rings. The monoisotopic (exact) mass is 517 g/mol. The van der Waals surface area contributed by atoms with Crippen molar-refractivity contribution in [3.63, 3.8) is 0 Å². The molecule has 10 heteroatoms. The van der Waals surface area contributed by atoms with E-state index in [1.165, 1.54) is 54.7 Å². The number of nitrogens with two attached hydrogens (primary N) is 1. The van der Waals surface area contributed by atoms with Crippen molar-refractivity contribution >= 4 is 21.6 Å². The number of aromatic amines is 1. The summed E-state index contributed by atoms with van der Waals surface area (Å²) in [5.74, 6) is 4.86. The van der Waals surface area contributed by atoms with Gasteiger partial charge in [0, 0.05) is 35.6 Å². The summed E-state index contributed by atoms with van der Waals surface area (Å²) in [6.45, 7) is 0.435. The predicted octanol–water partition coefficient (Wildman–Crippen LogP) is 3.26. The number of carbonyl (C=O) groups is 1. The average molecular weight is 518 g/mol. The summed E-state index contributed by atoms with van der Waals surface area (Å²) in [4.78, 5) is 16.6. The van der Waals surface area contributed by atoms with E-state index in [2.05, 4.69) is 32.3 Å². The van der Waals surface area contributed by atoms with Gasteiger partial charge in [-0.25, -0.2) is 17.8 Å². The van der Waals surface area contributed by atoms with Gasteiger partial charge in [-0.15, -0.1) is 0 Å². The molecule has 0 atom stereocenters. The van der Waals surface area contributed by atoms with E-state index >= 15 is 0 Å². The number of nitrogens with zero attached hydrogens (tertiary/aromatic N) is 2. The SMILES string of the molecule is Nc1cc(CS(=O)(=O)c2ccc(C(=O)NCCCc3cn[nH]c3)cc2C#Cc2ccc(F)cc2)ccn1. The van der Waals surface area contributed by atoms with Gasteiger partial charge >= 0.3 is 0 Å². The number of anilines is 1. The van der Waals surface area contributed by atoms with Crippen LogP contribution < -0.4 is 11.1 Å². The van der Waals surface area contributed by atoms with Crippen LogP contribution in [-0.4, -0.2) is 36.1 Å². The molecule has 4 aromatic rings. The zero-order chi connectivity index (χ0) is 26.3. The molecule has 2 aromatic carbocycles. The van der Waals surface area contributed by atoms with Crippen LogP contribution in [0.25, 0.3) is 0 Å². The van der Waals surface area contributed by atoms with Crippen LogP contribution in [0.5, 0.6) is 0 Å². The lowest BCUT2D eigenvalue weighted by molar-refractivity contribution is 0.0953. The van der Waals surface area contributed by atoms with Gasteiger partial charge in [0.15, 0.2) is 9.84 Å². The molecule has 0 unspecified atom stereocenters. The molecular weight excluding hydrogens is 493 g/mol. The Morgan fingerprint density at radius 2 is 1.86 bits per heavy atom. The van der Waals surface area contributed by atoms with Crippen LogP contribution in [0.15, 0.2) is 78.1 Å². The standard InChI is InChI=1S/C27H24FN5O3S/c28-24-8-4-19(5-9-24)3-6-22-15-23(27(34)31-12-1-2-21-16-32-33-17-21)7-10-25(22)37(35,36)18-20-11-13-30-26(29)14-20/h4-5,7-11,13-17H,1-2,12,18H2,(H2,29,30)(H,31,34)(H,32,33). The van der Waals surface area contributed by atoms with Gasteiger partial charge in [0.1, 0.15) is 11.6 Å². The fourth-order valence-electron chi connectivity index (χ4n) is 3.61. The highest BCUT2D eigenvalue weighted by Gasteiger charge is 2.21. The maximum absolute atomic E-state index is 13.3. The van der Waals surface area contributed by atoms with Crippen molar-refractivity contribution in [1.82, 2.24) is 20.5 Å². The number of nitrogens with one attached hydrogen (secondary N) is 2. The van der Waals surface area contributed by atoms with E-state index in [0.29, 0.717) is 24.1 Å². The first-order valence-corrected chi connectivity index (χ1v) is 13.1. The number of amides is 1. The van der Waals surface area contributed by atoms with Crippen molar-refractivity contribution in [3.8, 4) is 11.8 Å². The first-order chi connectivity index (χ1) is 17.8. The number of halogens is 1. The molecule has 2 aromatic heterocycles. The minimum Gasteiger partial charge on any atom is -0.384 e. The van der Waals surface area contributed by atoms with Crippen molar-refractivity contribution in [2.45, 2.75) is 23.5 Å². The molecule has 0 fully saturated rings. The predicted molar refractivity (Wildman–Crippen MR) is 138 cm³/mol. The lowest BCUT2D eigenvalue weighted by Crippen LogP contribution is -2.25. The number of nitrogen functional groups attached to an aromatic ring is 1. The highest BCUT2D eigenvalue weighted by molar-refractivity contribution is 7.90. The molecule has 0 spiro atoms. The maximum Gasteiger partial charge on any atom is 0.251 e. The smallest absolute Gasteiger partial charge is 0.251 e. The van der Waals surface area contributed by atoms with Crippen LogP contribution in [0.2, 0.25) is 0 Å². The molecule has 4 rings (SSSR count). The first kappa shape index (κ1) is 25.6. The van der Waals surface area contributed by atoms with Crippen molar-refractivity contribution in [1.29, 1.82) is 0 Å². The minimum absolute atomic E-state index is 0.0194. The van der Waals surface area contributed by atoms with E-state index in [4.69, 9.17) is 5.73 Å². The third-order valence-electron chi connectivity index (χ3n) is 5.45. The van der Waals surface area contributed by atoms with Crippen LogP contribution >= 0.6 is 0 Å². The van der Waals surface area contributed by atoms with Crippen molar-refractivity contribution < 1.29 is 17.6 Å². The largest absolute Gasteiger partial charge is 0.384 e. The van der Waals surface area contributed by atoms with Crippen LogP contribution in [-0.2, 0) is 22.0 Å². The number of H-pyrrole nitrogens is 1. The number of carbonyl (C=O) groups excluding carboxylic acids is 1. The highest BCUT2D eigenvalue weighted by Crippen LogP contribution is 2.22. The molecule has 0 aliphatic carbocycles. The summed E-state index contributed by atoms with van der Waals surface area (Å²) in [5.41, 5.74) is 8.15. The minimum atomic E-state index is -3.85. The number of pyridine rings is 1. The Hall–Kier alpha value is -4.49. The second-order valence-corrected chi connectivity index (χ2v) is 10.2. The Balaban J connectivity index is 1.59. The lowest BCUT2D eigenvalue weighted by Gasteiger charge is -2.10. The number of hydrogen-bond acceptors (Lipinski definition) is 6. The van der Waals surface area contributed by atoms with Crippen molar-refractivity contribution in [2.24, 2.45) is 0 Å². The molecule has 4 N–H and O–H groups in total. The van der Waals surface area contributed by atoms with E-state index in [9.17, 15) is 17.6 Å².